The smallest absolute Gasteiger partial charge is 0.252 e. The third-order valence-corrected chi connectivity index (χ3v) is 5.22. The van der Waals surface area contributed by atoms with Crippen LogP contribution in [0.2, 0.25) is 0 Å². The molecule has 154 valence electrons. The van der Waals surface area contributed by atoms with Crippen molar-refractivity contribution in [3.05, 3.63) is 47.8 Å². The Labute approximate surface area is 174 Å². The van der Waals surface area contributed by atoms with Gasteiger partial charge in [-0.3, -0.25) is 4.79 Å². The number of hydrogen-bond acceptors (Lipinski definition) is 6. The molecule has 3 aromatic rings. The van der Waals surface area contributed by atoms with Gasteiger partial charge >= 0.3 is 0 Å². The molecule has 2 N–H and O–H groups in total. The first kappa shape index (κ1) is 20.9. The minimum absolute atomic E-state index is 0.240. The average molecular weight is 416 g/mol. The number of amides is 1. The van der Waals surface area contributed by atoms with Crippen LogP contribution in [0.25, 0.3) is 11.0 Å². The molecule has 8 heteroatoms. The van der Waals surface area contributed by atoms with Crippen molar-refractivity contribution in [3.63, 3.8) is 0 Å². The van der Waals surface area contributed by atoms with Crippen molar-refractivity contribution < 1.29 is 19.0 Å². The number of nitrogens with zero attached hydrogens (tertiary/aromatic N) is 1. The number of fused-ring (bicyclic) bond motifs is 1. The van der Waals surface area contributed by atoms with Gasteiger partial charge in [-0.1, -0.05) is 12.1 Å². The third kappa shape index (κ3) is 4.59. The predicted octanol–water partition coefficient (Wildman–Crippen LogP) is 3.81. The molecule has 0 saturated carbocycles. The third-order valence-electron chi connectivity index (χ3n) is 4.58. The fraction of sp³-hybridized carbons (Fsp3) is 0.333. The normalized spacial score (nSPS) is 11.9. The standard InChI is InChI=1S/C21H25N3O4S/c1-26-17-11-13(12-18(27-2)19(17)28-3)21(25)24-16(9-10-29-4)20-22-14-7-5-6-8-15(14)23-20/h5-8,11-12,16H,9-10H2,1-4H3,(H,22,23)(H,24,25)/t16-/m1/s1. The van der Waals surface area contributed by atoms with E-state index in [1.54, 1.807) is 23.9 Å². The van der Waals surface area contributed by atoms with Crippen LogP contribution in [-0.2, 0) is 0 Å². The van der Waals surface area contributed by atoms with Gasteiger partial charge in [-0.05, 0) is 42.7 Å². The molecule has 29 heavy (non-hydrogen) atoms. The molecule has 1 aromatic heterocycles. The highest BCUT2D eigenvalue weighted by molar-refractivity contribution is 7.98. The summed E-state index contributed by atoms with van der Waals surface area (Å²) >= 11 is 1.72. The Kier molecular flexibility index (Phi) is 6.87. The molecule has 0 aliphatic carbocycles. The van der Waals surface area contributed by atoms with Crippen LogP contribution in [0.5, 0.6) is 17.2 Å². The van der Waals surface area contributed by atoms with Crippen LogP contribution in [0.4, 0.5) is 0 Å². The number of imidazole rings is 1. The molecule has 0 saturated heterocycles. The van der Waals surface area contributed by atoms with Gasteiger partial charge in [0.2, 0.25) is 5.75 Å². The van der Waals surface area contributed by atoms with Crippen LogP contribution in [0, 0.1) is 0 Å². The number of carbonyl (C=O) groups is 1. The minimum atomic E-state index is -0.249. The molecule has 7 nitrogen and oxygen atoms in total. The maximum atomic E-state index is 13.0. The number of hydrogen-bond donors (Lipinski definition) is 2. The monoisotopic (exact) mass is 415 g/mol. The van der Waals surface area contributed by atoms with Gasteiger partial charge in [0, 0.05) is 5.56 Å². The van der Waals surface area contributed by atoms with E-state index in [9.17, 15) is 4.79 Å². The molecular formula is C21H25N3O4S. The van der Waals surface area contributed by atoms with Crippen molar-refractivity contribution in [2.45, 2.75) is 12.5 Å². The highest BCUT2D eigenvalue weighted by atomic mass is 32.2. The van der Waals surface area contributed by atoms with E-state index < -0.39 is 0 Å². The number of ether oxygens (including phenoxy) is 3. The quantitative estimate of drug-likeness (QED) is 0.553. The number of carbonyl (C=O) groups excluding carboxylic acids is 1. The summed E-state index contributed by atoms with van der Waals surface area (Å²) in [6, 6.07) is 10.8. The summed E-state index contributed by atoms with van der Waals surface area (Å²) < 4.78 is 16.0. The zero-order valence-corrected chi connectivity index (χ0v) is 17.8. The molecule has 0 spiro atoms. The number of aromatic nitrogens is 2. The molecule has 1 amide bonds. The molecule has 0 radical (unpaired) electrons. The van der Waals surface area contributed by atoms with Crippen molar-refractivity contribution in [3.8, 4) is 17.2 Å². The number of thioether (sulfide) groups is 1. The number of H-pyrrole nitrogens is 1. The van der Waals surface area contributed by atoms with Crippen LogP contribution >= 0.6 is 11.8 Å². The Bertz CT molecular complexity index is 931. The molecule has 2 aromatic carbocycles. The highest BCUT2D eigenvalue weighted by Gasteiger charge is 2.22. The molecule has 0 fully saturated rings. The second-order valence-electron chi connectivity index (χ2n) is 6.36. The van der Waals surface area contributed by atoms with Gasteiger partial charge in [0.15, 0.2) is 11.5 Å². The molecule has 0 bridgehead atoms. The zero-order valence-electron chi connectivity index (χ0n) is 16.9. The maximum absolute atomic E-state index is 13.0. The van der Waals surface area contributed by atoms with Gasteiger partial charge in [0.05, 0.1) is 38.4 Å². The van der Waals surface area contributed by atoms with Crippen molar-refractivity contribution in [1.82, 2.24) is 15.3 Å². The molecule has 0 aliphatic heterocycles. The summed E-state index contributed by atoms with van der Waals surface area (Å²) in [5.41, 5.74) is 2.24. The van der Waals surface area contributed by atoms with Crippen LogP contribution in [0.1, 0.15) is 28.6 Å². The molecule has 1 atom stereocenters. The zero-order chi connectivity index (χ0) is 20.8. The number of nitrogens with one attached hydrogen (secondary N) is 2. The van der Waals surface area contributed by atoms with Gasteiger partial charge in [0.1, 0.15) is 5.82 Å². The van der Waals surface area contributed by atoms with E-state index in [0.29, 0.717) is 22.8 Å². The van der Waals surface area contributed by atoms with Crippen LogP contribution in [-0.4, -0.2) is 49.2 Å². The first-order valence-electron chi connectivity index (χ1n) is 9.15. The topological polar surface area (TPSA) is 85.5 Å². The Morgan fingerprint density at radius 1 is 1.14 bits per heavy atom. The number of benzene rings is 2. The summed E-state index contributed by atoms with van der Waals surface area (Å²) in [4.78, 5) is 21.0. The fourth-order valence-electron chi connectivity index (χ4n) is 3.10. The Hall–Kier alpha value is -2.87. The summed E-state index contributed by atoms with van der Waals surface area (Å²) in [5, 5.41) is 3.09. The number of aromatic amines is 1. The van der Waals surface area contributed by atoms with Crippen LogP contribution < -0.4 is 19.5 Å². The molecular weight excluding hydrogens is 390 g/mol. The molecule has 1 heterocycles. The first-order valence-corrected chi connectivity index (χ1v) is 10.5. The Morgan fingerprint density at radius 2 is 1.83 bits per heavy atom. The average Bonchev–Trinajstić information content (AvgIpc) is 3.19. The molecule has 3 rings (SSSR count). The number of methoxy groups -OCH3 is 3. The van der Waals surface area contributed by atoms with Crippen molar-refractivity contribution in [2.75, 3.05) is 33.3 Å². The van der Waals surface area contributed by atoms with Crippen molar-refractivity contribution in [2.24, 2.45) is 0 Å². The van der Waals surface area contributed by atoms with E-state index in [0.717, 1.165) is 29.0 Å². The van der Waals surface area contributed by atoms with Crippen molar-refractivity contribution >= 4 is 28.7 Å². The fourth-order valence-corrected chi connectivity index (χ4v) is 3.58. The minimum Gasteiger partial charge on any atom is -0.493 e. The number of rotatable bonds is 9. The lowest BCUT2D eigenvalue weighted by Gasteiger charge is -2.18. The lowest BCUT2D eigenvalue weighted by Crippen LogP contribution is -2.29. The van der Waals surface area contributed by atoms with E-state index in [1.807, 2.05) is 30.5 Å². The van der Waals surface area contributed by atoms with E-state index >= 15 is 0 Å². The summed E-state index contributed by atoms with van der Waals surface area (Å²) in [7, 11) is 4.57. The van der Waals surface area contributed by atoms with E-state index in [-0.39, 0.29) is 11.9 Å². The molecule has 0 unspecified atom stereocenters. The molecule has 0 aliphatic rings. The SMILES string of the molecule is COc1cc(C(=O)N[C@H](CCSC)c2nc3ccccc3[nH]2)cc(OC)c1OC. The second-order valence-corrected chi connectivity index (χ2v) is 7.35. The summed E-state index contributed by atoms with van der Waals surface area (Å²) in [6.07, 6.45) is 2.79. The maximum Gasteiger partial charge on any atom is 0.252 e. The van der Waals surface area contributed by atoms with Crippen molar-refractivity contribution in [1.29, 1.82) is 0 Å². The van der Waals surface area contributed by atoms with Gasteiger partial charge in [-0.15, -0.1) is 0 Å². The summed E-state index contributed by atoms with van der Waals surface area (Å²) in [5.74, 6) is 2.69. The van der Waals surface area contributed by atoms with E-state index in [1.165, 1.54) is 21.3 Å². The largest absolute Gasteiger partial charge is 0.493 e. The van der Waals surface area contributed by atoms with E-state index in [4.69, 9.17) is 14.2 Å². The lowest BCUT2D eigenvalue weighted by atomic mass is 10.1. The van der Waals surface area contributed by atoms with Gasteiger partial charge in [-0.2, -0.15) is 11.8 Å². The van der Waals surface area contributed by atoms with Gasteiger partial charge < -0.3 is 24.5 Å². The Morgan fingerprint density at radius 3 is 2.41 bits per heavy atom. The van der Waals surface area contributed by atoms with Crippen LogP contribution in [0.3, 0.4) is 0 Å². The predicted molar refractivity (Wildman–Crippen MR) is 115 cm³/mol. The first-order chi connectivity index (χ1) is 14.1. The van der Waals surface area contributed by atoms with E-state index in [2.05, 4.69) is 15.3 Å². The van der Waals surface area contributed by atoms with Gasteiger partial charge in [0.25, 0.3) is 5.91 Å². The number of para-hydroxylation sites is 2. The lowest BCUT2D eigenvalue weighted by molar-refractivity contribution is 0.0933. The Balaban J connectivity index is 1.90. The highest BCUT2D eigenvalue weighted by Crippen LogP contribution is 2.38. The summed E-state index contributed by atoms with van der Waals surface area (Å²) in [6.45, 7) is 0. The van der Waals surface area contributed by atoms with Gasteiger partial charge in [-0.25, -0.2) is 4.98 Å². The second kappa shape index (κ2) is 9.56. The van der Waals surface area contributed by atoms with Crippen LogP contribution in [0.15, 0.2) is 36.4 Å².